The first kappa shape index (κ1) is 12.9. The van der Waals surface area contributed by atoms with E-state index in [1.807, 2.05) is 0 Å². The third-order valence-corrected chi connectivity index (χ3v) is 3.71. The fourth-order valence-corrected chi connectivity index (χ4v) is 2.40. The van der Waals surface area contributed by atoms with E-state index in [1.165, 1.54) is 24.0 Å². The Morgan fingerprint density at radius 3 is 2.61 bits per heavy atom. The molecule has 0 aromatic heterocycles. The number of rotatable bonds is 3. The maximum absolute atomic E-state index is 11.7. The summed E-state index contributed by atoms with van der Waals surface area (Å²) in [5.74, 6) is 0. The normalized spacial score (nSPS) is 15.7. The van der Waals surface area contributed by atoms with E-state index in [0.717, 1.165) is 18.4 Å². The topological polar surface area (TPSA) is 41.1 Å². The summed E-state index contributed by atoms with van der Waals surface area (Å²) in [6, 6.07) is 6.63. The Kier molecular flexibility index (Phi) is 4.24. The average molecular weight is 246 g/mol. The highest BCUT2D eigenvalue weighted by Crippen LogP contribution is 2.17. The zero-order valence-electron chi connectivity index (χ0n) is 11.3. The van der Waals surface area contributed by atoms with Gasteiger partial charge in [-0.1, -0.05) is 31.0 Å². The molecule has 18 heavy (non-hydrogen) atoms. The zero-order chi connectivity index (χ0) is 13.0. The summed E-state index contributed by atoms with van der Waals surface area (Å²) in [6.45, 7) is 4.79. The van der Waals surface area contributed by atoms with Gasteiger partial charge in [0.05, 0.1) is 0 Å². The number of hydrogen-bond acceptors (Lipinski definition) is 1. The molecule has 0 heterocycles. The minimum absolute atomic E-state index is 0.0415. The molecule has 2 N–H and O–H groups in total. The number of hydrogen-bond donors (Lipinski definition) is 2. The van der Waals surface area contributed by atoms with Crippen LogP contribution in [0.4, 0.5) is 4.79 Å². The molecule has 0 aliphatic heterocycles. The lowest BCUT2D eigenvalue weighted by Crippen LogP contribution is -2.40. The van der Waals surface area contributed by atoms with Gasteiger partial charge < -0.3 is 10.6 Å². The van der Waals surface area contributed by atoms with Crippen molar-refractivity contribution >= 4 is 6.03 Å². The first-order chi connectivity index (χ1) is 8.65. The van der Waals surface area contributed by atoms with E-state index in [-0.39, 0.29) is 6.03 Å². The largest absolute Gasteiger partial charge is 0.335 e. The van der Waals surface area contributed by atoms with Crippen LogP contribution in [0, 0.1) is 13.8 Å². The summed E-state index contributed by atoms with van der Waals surface area (Å²) in [4.78, 5) is 11.7. The van der Waals surface area contributed by atoms with Crippen molar-refractivity contribution in [2.45, 2.75) is 52.1 Å². The Morgan fingerprint density at radius 2 is 1.94 bits per heavy atom. The van der Waals surface area contributed by atoms with Gasteiger partial charge in [-0.3, -0.25) is 0 Å². The van der Waals surface area contributed by atoms with Gasteiger partial charge in [0.25, 0.3) is 0 Å². The first-order valence-electron chi connectivity index (χ1n) is 6.75. The highest BCUT2D eigenvalue weighted by atomic mass is 16.2. The van der Waals surface area contributed by atoms with Crippen LogP contribution in [-0.4, -0.2) is 12.1 Å². The van der Waals surface area contributed by atoms with Crippen LogP contribution in [0.25, 0.3) is 0 Å². The molecule has 98 valence electrons. The van der Waals surface area contributed by atoms with Gasteiger partial charge in [0.2, 0.25) is 0 Å². The number of urea groups is 1. The molecule has 0 atom stereocenters. The van der Waals surface area contributed by atoms with Crippen molar-refractivity contribution in [1.82, 2.24) is 10.6 Å². The number of amides is 2. The van der Waals surface area contributed by atoms with Gasteiger partial charge in [0.1, 0.15) is 0 Å². The molecule has 0 spiro atoms. The van der Waals surface area contributed by atoms with Crippen molar-refractivity contribution in [3.05, 3.63) is 34.9 Å². The summed E-state index contributed by atoms with van der Waals surface area (Å²) in [5, 5.41) is 5.95. The van der Waals surface area contributed by atoms with Gasteiger partial charge in [0.15, 0.2) is 0 Å². The van der Waals surface area contributed by atoms with Crippen molar-refractivity contribution < 1.29 is 4.79 Å². The van der Waals surface area contributed by atoms with Crippen molar-refractivity contribution in [3.63, 3.8) is 0 Å². The zero-order valence-corrected chi connectivity index (χ0v) is 11.3. The van der Waals surface area contributed by atoms with E-state index >= 15 is 0 Å². The smallest absolute Gasteiger partial charge is 0.315 e. The molecule has 0 bridgehead atoms. The van der Waals surface area contributed by atoms with Crippen molar-refractivity contribution in [2.24, 2.45) is 0 Å². The number of benzene rings is 1. The minimum atomic E-state index is -0.0415. The summed E-state index contributed by atoms with van der Waals surface area (Å²) in [7, 11) is 0. The average Bonchev–Trinajstić information content (AvgIpc) is 2.83. The second kappa shape index (κ2) is 5.89. The Bertz CT molecular complexity index is 423. The van der Waals surface area contributed by atoms with Gasteiger partial charge in [0, 0.05) is 12.6 Å². The third-order valence-electron chi connectivity index (χ3n) is 3.71. The summed E-state index contributed by atoms with van der Waals surface area (Å²) < 4.78 is 0. The van der Waals surface area contributed by atoms with Crippen LogP contribution in [0.15, 0.2) is 18.2 Å². The molecule has 2 rings (SSSR count). The molecule has 0 saturated heterocycles. The monoisotopic (exact) mass is 246 g/mol. The number of nitrogens with one attached hydrogen (secondary N) is 2. The van der Waals surface area contributed by atoms with E-state index < -0.39 is 0 Å². The van der Waals surface area contributed by atoms with Crippen LogP contribution in [0.2, 0.25) is 0 Å². The lowest BCUT2D eigenvalue weighted by atomic mass is 10.1. The van der Waals surface area contributed by atoms with Crippen LogP contribution in [-0.2, 0) is 6.54 Å². The summed E-state index contributed by atoms with van der Waals surface area (Å²) >= 11 is 0. The molecule has 1 aliphatic rings. The fourth-order valence-electron chi connectivity index (χ4n) is 2.40. The molecule has 3 nitrogen and oxygen atoms in total. The molecule has 1 aromatic rings. The lowest BCUT2D eigenvalue weighted by molar-refractivity contribution is 0.236. The highest BCUT2D eigenvalue weighted by Gasteiger charge is 2.16. The molecule has 3 heteroatoms. The van der Waals surface area contributed by atoms with Crippen molar-refractivity contribution in [2.75, 3.05) is 0 Å². The summed E-state index contributed by atoms with van der Waals surface area (Å²) in [5.41, 5.74) is 3.71. The van der Waals surface area contributed by atoms with Crippen LogP contribution in [0.5, 0.6) is 0 Å². The third kappa shape index (κ3) is 3.49. The molecule has 1 fully saturated rings. The standard InChI is InChI=1S/C15H22N2O/c1-11-7-8-13(9-12(11)2)10-16-15(18)17-14-5-3-4-6-14/h7-9,14H,3-6,10H2,1-2H3,(H2,16,17,18). The second-order valence-electron chi connectivity index (χ2n) is 5.23. The lowest BCUT2D eigenvalue weighted by Gasteiger charge is -2.13. The first-order valence-corrected chi connectivity index (χ1v) is 6.75. The van der Waals surface area contributed by atoms with Crippen molar-refractivity contribution in [3.8, 4) is 0 Å². The van der Waals surface area contributed by atoms with Gasteiger partial charge in [-0.25, -0.2) is 4.79 Å². The maximum Gasteiger partial charge on any atom is 0.315 e. The molecular weight excluding hydrogens is 224 g/mol. The van der Waals surface area contributed by atoms with Crippen LogP contribution >= 0.6 is 0 Å². The SMILES string of the molecule is Cc1ccc(CNC(=O)NC2CCCC2)cc1C. The Balaban J connectivity index is 1.79. The molecule has 2 amide bonds. The molecule has 1 aliphatic carbocycles. The molecule has 0 radical (unpaired) electrons. The van der Waals surface area contributed by atoms with Crippen LogP contribution < -0.4 is 10.6 Å². The predicted molar refractivity (Wildman–Crippen MR) is 73.5 cm³/mol. The van der Waals surface area contributed by atoms with Crippen LogP contribution in [0.3, 0.4) is 0 Å². The van der Waals surface area contributed by atoms with Gasteiger partial charge in [-0.15, -0.1) is 0 Å². The van der Waals surface area contributed by atoms with Crippen molar-refractivity contribution in [1.29, 1.82) is 0 Å². The highest BCUT2D eigenvalue weighted by molar-refractivity contribution is 5.74. The fraction of sp³-hybridized carbons (Fsp3) is 0.533. The Morgan fingerprint density at radius 1 is 1.22 bits per heavy atom. The second-order valence-corrected chi connectivity index (χ2v) is 5.23. The number of carbonyl (C=O) groups is 1. The maximum atomic E-state index is 11.7. The minimum Gasteiger partial charge on any atom is -0.335 e. The molecular formula is C15H22N2O. The van der Waals surface area contributed by atoms with E-state index in [9.17, 15) is 4.79 Å². The quantitative estimate of drug-likeness (QED) is 0.845. The van der Waals surface area contributed by atoms with Gasteiger partial charge in [-0.05, 0) is 43.4 Å². The summed E-state index contributed by atoms with van der Waals surface area (Å²) in [6.07, 6.45) is 4.72. The Labute approximate surface area is 109 Å². The molecule has 0 unspecified atom stereocenters. The van der Waals surface area contributed by atoms with E-state index in [1.54, 1.807) is 0 Å². The van der Waals surface area contributed by atoms with E-state index in [4.69, 9.17) is 0 Å². The van der Waals surface area contributed by atoms with Gasteiger partial charge in [-0.2, -0.15) is 0 Å². The molecule has 1 aromatic carbocycles. The molecule has 1 saturated carbocycles. The van der Waals surface area contributed by atoms with E-state index in [0.29, 0.717) is 12.6 Å². The Hall–Kier alpha value is -1.51. The predicted octanol–water partition coefficient (Wildman–Crippen LogP) is 3.05. The number of carbonyl (C=O) groups excluding carboxylic acids is 1. The number of aryl methyl sites for hydroxylation is 2. The van der Waals surface area contributed by atoms with Crippen LogP contribution in [0.1, 0.15) is 42.4 Å². The van der Waals surface area contributed by atoms with Gasteiger partial charge >= 0.3 is 6.03 Å². The van der Waals surface area contributed by atoms with E-state index in [2.05, 4.69) is 42.7 Å².